The van der Waals surface area contributed by atoms with E-state index in [9.17, 15) is 28.1 Å². The van der Waals surface area contributed by atoms with Crippen molar-refractivity contribution in [1.82, 2.24) is 4.90 Å². The Hall–Kier alpha value is -4.28. The highest BCUT2D eigenvalue weighted by atomic mass is 19.4. The van der Waals surface area contributed by atoms with Crippen LogP contribution in [-0.4, -0.2) is 43.1 Å². The van der Waals surface area contributed by atoms with Gasteiger partial charge in [-0.2, -0.15) is 13.2 Å². The summed E-state index contributed by atoms with van der Waals surface area (Å²) in [5, 5.41) is 11.6. The fraction of sp³-hybridized carbons (Fsp3) is 0.269. The van der Waals surface area contributed by atoms with Crippen LogP contribution in [0.15, 0.2) is 60.7 Å². The Kier molecular flexibility index (Phi) is 7.23. The number of carbonyl (C=O) groups is 1. The van der Waals surface area contributed by atoms with Crippen LogP contribution in [0.4, 0.5) is 18.9 Å². The van der Waals surface area contributed by atoms with Crippen molar-refractivity contribution in [3.63, 3.8) is 0 Å². The van der Waals surface area contributed by atoms with Crippen molar-refractivity contribution in [3.8, 4) is 17.2 Å². The lowest BCUT2D eigenvalue weighted by Crippen LogP contribution is -2.42. The monoisotopic (exact) mass is 516 g/mol. The zero-order valence-corrected chi connectivity index (χ0v) is 19.9. The standard InChI is InChI=1S/C26H23F3N2O6/c1-35-23-12-16-10-11-30(25(32)19-8-3-4-9-21(19)31(33)34)22(20(16)14-24(23)36-2)15-37-18-7-5-6-17(13-18)26(27,28)29/h3-9,12-14,22H,10-11,15H2,1-2H3/t22-/m0/s1. The zero-order valence-electron chi connectivity index (χ0n) is 19.9. The van der Waals surface area contributed by atoms with Gasteiger partial charge in [-0.15, -0.1) is 0 Å². The minimum absolute atomic E-state index is 0.0273. The number of fused-ring (bicyclic) bond motifs is 1. The molecule has 1 aliphatic heterocycles. The highest BCUT2D eigenvalue weighted by Crippen LogP contribution is 2.40. The smallest absolute Gasteiger partial charge is 0.416 e. The number of ether oxygens (including phenoxy) is 3. The zero-order chi connectivity index (χ0) is 26.7. The number of amides is 1. The summed E-state index contributed by atoms with van der Waals surface area (Å²) < 4.78 is 56.1. The van der Waals surface area contributed by atoms with E-state index in [1.807, 2.05) is 0 Å². The molecule has 0 unspecified atom stereocenters. The summed E-state index contributed by atoms with van der Waals surface area (Å²) in [6.07, 6.45) is -4.13. The second kappa shape index (κ2) is 10.4. The number of hydrogen-bond donors (Lipinski definition) is 0. The quantitative estimate of drug-likeness (QED) is 0.306. The van der Waals surface area contributed by atoms with Crippen LogP contribution in [0.2, 0.25) is 0 Å². The second-order valence-corrected chi connectivity index (χ2v) is 8.28. The van der Waals surface area contributed by atoms with Crippen LogP contribution >= 0.6 is 0 Å². The summed E-state index contributed by atoms with van der Waals surface area (Å²) in [5.41, 5.74) is 0.168. The molecule has 0 spiro atoms. The summed E-state index contributed by atoms with van der Waals surface area (Å²) in [7, 11) is 2.95. The fourth-order valence-electron chi connectivity index (χ4n) is 4.36. The largest absolute Gasteiger partial charge is 0.493 e. The van der Waals surface area contributed by atoms with Gasteiger partial charge in [0.1, 0.15) is 17.9 Å². The van der Waals surface area contributed by atoms with Gasteiger partial charge in [-0.25, -0.2) is 0 Å². The molecular formula is C26H23F3N2O6. The van der Waals surface area contributed by atoms with Crippen molar-refractivity contribution in [2.24, 2.45) is 0 Å². The van der Waals surface area contributed by atoms with Crippen molar-refractivity contribution in [2.75, 3.05) is 27.4 Å². The highest BCUT2D eigenvalue weighted by Gasteiger charge is 2.36. The maximum Gasteiger partial charge on any atom is 0.416 e. The molecule has 4 rings (SSSR count). The van der Waals surface area contributed by atoms with Crippen LogP contribution in [0.1, 0.15) is 33.1 Å². The maximum atomic E-state index is 13.6. The SMILES string of the molecule is COc1cc2c(cc1OC)[C@H](COc1cccc(C(F)(F)F)c1)N(C(=O)c1ccccc1[N+](=O)[O-])CC2. The molecular weight excluding hydrogens is 493 g/mol. The summed E-state index contributed by atoms with van der Waals surface area (Å²) in [6, 6.07) is 12.7. The molecule has 0 saturated heterocycles. The van der Waals surface area contributed by atoms with E-state index in [1.54, 1.807) is 12.1 Å². The first-order chi connectivity index (χ1) is 17.6. The number of alkyl halides is 3. The minimum Gasteiger partial charge on any atom is -0.493 e. The Bertz CT molecular complexity index is 1330. The number of benzene rings is 3. The average Bonchev–Trinajstić information content (AvgIpc) is 2.90. The van der Waals surface area contributed by atoms with Crippen LogP contribution < -0.4 is 14.2 Å². The van der Waals surface area contributed by atoms with Gasteiger partial charge in [0, 0.05) is 12.6 Å². The van der Waals surface area contributed by atoms with Gasteiger partial charge in [0.2, 0.25) is 0 Å². The van der Waals surface area contributed by atoms with E-state index in [-0.39, 0.29) is 30.2 Å². The molecule has 1 atom stereocenters. The van der Waals surface area contributed by atoms with Crippen molar-refractivity contribution < 1.29 is 37.1 Å². The summed E-state index contributed by atoms with van der Waals surface area (Å²) in [5.74, 6) is 0.258. The first-order valence-corrected chi connectivity index (χ1v) is 11.2. The van der Waals surface area contributed by atoms with Gasteiger partial charge < -0.3 is 19.1 Å². The summed E-state index contributed by atoms with van der Waals surface area (Å²) >= 11 is 0. The normalized spacial score (nSPS) is 15.1. The van der Waals surface area contributed by atoms with Gasteiger partial charge >= 0.3 is 6.18 Å². The molecule has 0 aliphatic carbocycles. The van der Waals surface area contributed by atoms with E-state index in [0.29, 0.717) is 23.5 Å². The summed E-state index contributed by atoms with van der Waals surface area (Å²) in [4.78, 5) is 25.9. The second-order valence-electron chi connectivity index (χ2n) is 8.28. The first-order valence-electron chi connectivity index (χ1n) is 11.2. The Morgan fingerprint density at radius 2 is 1.76 bits per heavy atom. The van der Waals surface area contributed by atoms with E-state index in [0.717, 1.165) is 17.7 Å². The maximum absolute atomic E-state index is 13.6. The fourth-order valence-corrected chi connectivity index (χ4v) is 4.36. The van der Waals surface area contributed by atoms with E-state index in [1.165, 1.54) is 55.5 Å². The molecule has 1 aliphatic rings. The predicted molar refractivity (Wildman–Crippen MR) is 127 cm³/mol. The summed E-state index contributed by atoms with van der Waals surface area (Å²) in [6.45, 7) is 0.000146. The molecule has 8 nitrogen and oxygen atoms in total. The molecule has 1 amide bonds. The Morgan fingerprint density at radius 1 is 1.05 bits per heavy atom. The number of nitrogens with zero attached hydrogens (tertiary/aromatic N) is 2. The van der Waals surface area contributed by atoms with Gasteiger partial charge in [0.05, 0.1) is 30.7 Å². The number of rotatable bonds is 7. The predicted octanol–water partition coefficient (Wildman–Crippen LogP) is 5.45. The van der Waals surface area contributed by atoms with Crippen LogP contribution in [0.5, 0.6) is 17.2 Å². The van der Waals surface area contributed by atoms with E-state index in [2.05, 4.69) is 0 Å². The van der Waals surface area contributed by atoms with Gasteiger partial charge in [-0.3, -0.25) is 14.9 Å². The molecule has 0 aromatic heterocycles. The van der Waals surface area contributed by atoms with E-state index in [4.69, 9.17) is 14.2 Å². The van der Waals surface area contributed by atoms with Gasteiger partial charge in [-0.05, 0) is 53.9 Å². The molecule has 11 heteroatoms. The van der Waals surface area contributed by atoms with E-state index >= 15 is 0 Å². The number of halogens is 3. The minimum atomic E-state index is -4.55. The lowest BCUT2D eigenvalue weighted by atomic mass is 9.91. The number of nitro benzene ring substituents is 1. The topological polar surface area (TPSA) is 91.1 Å². The van der Waals surface area contributed by atoms with Gasteiger partial charge in [0.25, 0.3) is 11.6 Å². The van der Waals surface area contributed by atoms with Crippen molar-refractivity contribution in [1.29, 1.82) is 0 Å². The third kappa shape index (κ3) is 5.30. The molecule has 3 aromatic carbocycles. The molecule has 0 bridgehead atoms. The van der Waals surface area contributed by atoms with Crippen molar-refractivity contribution in [2.45, 2.75) is 18.6 Å². The van der Waals surface area contributed by atoms with Gasteiger partial charge in [0.15, 0.2) is 11.5 Å². The van der Waals surface area contributed by atoms with Crippen molar-refractivity contribution >= 4 is 11.6 Å². The number of hydrogen-bond acceptors (Lipinski definition) is 6. The Labute approximate surface area is 210 Å². The van der Waals surface area contributed by atoms with Gasteiger partial charge in [-0.1, -0.05) is 18.2 Å². The number of para-hydroxylation sites is 1. The first kappa shape index (κ1) is 25.8. The third-order valence-corrected chi connectivity index (χ3v) is 6.16. The lowest BCUT2D eigenvalue weighted by Gasteiger charge is -2.37. The van der Waals surface area contributed by atoms with Crippen LogP contribution in [-0.2, 0) is 12.6 Å². The Morgan fingerprint density at radius 3 is 2.43 bits per heavy atom. The lowest BCUT2D eigenvalue weighted by molar-refractivity contribution is -0.385. The molecule has 0 saturated carbocycles. The van der Waals surface area contributed by atoms with Crippen LogP contribution in [0.25, 0.3) is 0 Å². The Balaban J connectivity index is 1.74. The number of nitro groups is 1. The van der Waals surface area contributed by atoms with Crippen LogP contribution in [0, 0.1) is 10.1 Å². The number of carbonyl (C=O) groups excluding carboxylic acids is 1. The molecule has 0 fully saturated rings. The average molecular weight is 516 g/mol. The van der Waals surface area contributed by atoms with E-state index < -0.39 is 28.6 Å². The third-order valence-electron chi connectivity index (χ3n) is 6.16. The molecule has 37 heavy (non-hydrogen) atoms. The molecule has 194 valence electrons. The highest BCUT2D eigenvalue weighted by molar-refractivity contribution is 5.98. The molecule has 3 aromatic rings. The number of methoxy groups -OCH3 is 2. The molecule has 0 N–H and O–H groups in total. The molecule has 1 heterocycles. The van der Waals surface area contributed by atoms with Crippen molar-refractivity contribution in [3.05, 3.63) is 93.0 Å². The molecule has 0 radical (unpaired) electrons. The van der Waals surface area contributed by atoms with Crippen LogP contribution in [0.3, 0.4) is 0 Å².